The number of aromatic nitrogens is 5. The quantitative estimate of drug-likeness (QED) is 0.341. The van der Waals surface area contributed by atoms with Crippen LogP contribution in [0.3, 0.4) is 0 Å². The zero-order valence-electron chi connectivity index (χ0n) is 21.4. The summed E-state index contributed by atoms with van der Waals surface area (Å²) < 4.78 is 16.0. The van der Waals surface area contributed by atoms with Crippen LogP contribution in [0, 0.1) is 5.82 Å². The van der Waals surface area contributed by atoms with E-state index >= 15 is 0 Å². The molecule has 192 valence electrons. The minimum atomic E-state index is -0.577. The fourth-order valence-corrected chi connectivity index (χ4v) is 5.53. The summed E-state index contributed by atoms with van der Waals surface area (Å²) in [5.74, 6) is 0.300. The lowest BCUT2D eigenvalue weighted by Crippen LogP contribution is -2.43. The van der Waals surface area contributed by atoms with Crippen LogP contribution in [-0.4, -0.2) is 31.2 Å². The SMILES string of the molecule is CCc1ccc2[nH]c(=O)c([C@H](c3nnnn3Cc3ccccc3)N3c4ccc(F)cc4CC[C@H]3C)cc2c1. The Hall–Kier alpha value is -4.33. The Balaban J connectivity index is 1.57. The van der Waals surface area contributed by atoms with E-state index in [4.69, 9.17) is 0 Å². The highest BCUT2D eigenvalue weighted by atomic mass is 19.1. The summed E-state index contributed by atoms with van der Waals surface area (Å²) in [6, 6.07) is 22.4. The largest absolute Gasteiger partial charge is 0.354 e. The number of H-pyrrole nitrogens is 1. The number of anilines is 1. The molecule has 5 aromatic rings. The number of halogens is 1. The van der Waals surface area contributed by atoms with Gasteiger partial charge in [-0.25, -0.2) is 9.07 Å². The number of tetrazole rings is 1. The maximum absolute atomic E-state index is 14.2. The predicted octanol–water partition coefficient (Wildman–Crippen LogP) is 5.20. The van der Waals surface area contributed by atoms with Gasteiger partial charge < -0.3 is 9.88 Å². The van der Waals surface area contributed by atoms with Crippen molar-refractivity contribution in [2.45, 2.75) is 51.7 Å². The third-order valence-corrected chi connectivity index (χ3v) is 7.52. The van der Waals surface area contributed by atoms with Crippen LogP contribution < -0.4 is 10.5 Å². The molecule has 0 saturated carbocycles. The highest BCUT2D eigenvalue weighted by Gasteiger charge is 2.36. The van der Waals surface area contributed by atoms with Gasteiger partial charge in [-0.2, -0.15) is 0 Å². The monoisotopic (exact) mass is 508 g/mol. The number of nitrogens with zero attached hydrogens (tertiary/aromatic N) is 5. The first kappa shape index (κ1) is 24.0. The maximum Gasteiger partial charge on any atom is 0.254 e. The molecule has 0 saturated heterocycles. The molecule has 2 aromatic heterocycles. The number of hydrogen-bond acceptors (Lipinski definition) is 5. The second-order valence-electron chi connectivity index (χ2n) is 9.98. The average molecular weight is 509 g/mol. The number of aromatic amines is 1. The van der Waals surface area contributed by atoms with E-state index in [1.165, 1.54) is 11.6 Å². The molecule has 0 amide bonds. The van der Waals surface area contributed by atoms with Crippen LogP contribution in [0.5, 0.6) is 0 Å². The van der Waals surface area contributed by atoms with Crippen molar-refractivity contribution in [2.24, 2.45) is 0 Å². The second kappa shape index (κ2) is 9.85. The average Bonchev–Trinajstić information content (AvgIpc) is 3.38. The van der Waals surface area contributed by atoms with Gasteiger partial charge in [0.1, 0.15) is 11.9 Å². The summed E-state index contributed by atoms with van der Waals surface area (Å²) in [5, 5.41) is 13.8. The summed E-state index contributed by atoms with van der Waals surface area (Å²) >= 11 is 0. The Labute approximate surface area is 219 Å². The number of fused-ring (bicyclic) bond motifs is 2. The van der Waals surface area contributed by atoms with Gasteiger partial charge in [-0.05, 0) is 95.1 Å². The number of aryl methyl sites for hydroxylation is 2. The van der Waals surface area contributed by atoms with Crippen molar-refractivity contribution >= 4 is 16.6 Å². The first-order valence-corrected chi connectivity index (χ1v) is 13.0. The van der Waals surface area contributed by atoms with Crippen LogP contribution in [0.1, 0.15) is 54.4 Å². The molecular weight excluding hydrogens is 479 g/mol. The summed E-state index contributed by atoms with van der Waals surface area (Å²) in [6.07, 6.45) is 2.48. The molecule has 38 heavy (non-hydrogen) atoms. The molecule has 0 fully saturated rings. The van der Waals surface area contributed by atoms with Gasteiger partial charge in [0.2, 0.25) is 0 Å². The zero-order chi connectivity index (χ0) is 26.2. The fourth-order valence-electron chi connectivity index (χ4n) is 5.53. The summed E-state index contributed by atoms with van der Waals surface area (Å²) in [6.45, 7) is 4.71. The van der Waals surface area contributed by atoms with Crippen molar-refractivity contribution in [3.05, 3.63) is 117 Å². The van der Waals surface area contributed by atoms with E-state index in [1.807, 2.05) is 54.6 Å². The van der Waals surface area contributed by atoms with E-state index in [2.05, 4.69) is 45.3 Å². The minimum absolute atomic E-state index is 0.0666. The molecule has 0 radical (unpaired) electrons. The Kier molecular flexibility index (Phi) is 6.23. The second-order valence-corrected chi connectivity index (χ2v) is 9.98. The van der Waals surface area contributed by atoms with E-state index in [0.29, 0.717) is 17.9 Å². The molecule has 1 N–H and O–H groups in total. The van der Waals surface area contributed by atoms with Gasteiger partial charge in [0.05, 0.1) is 6.54 Å². The smallest absolute Gasteiger partial charge is 0.254 e. The molecule has 6 rings (SSSR count). The Morgan fingerprint density at radius 2 is 1.89 bits per heavy atom. The zero-order valence-corrected chi connectivity index (χ0v) is 21.4. The van der Waals surface area contributed by atoms with Gasteiger partial charge in [0.25, 0.3) is 5.56 Å². The standard InChI is InChI=1S/C30H29FN6O/c1-3-20-10-13-26-23(15-20)17-25(30(38)32-26)28(29-33-34-35-36(29)18-21-7-5-4-6-8-21)37-19(2)9-11-22-16-24(31)12-14-27(22)37/h4-8,10,12-17,19,28H,3,9,11,18H2,1-2H3,(H,32,38)/t19-,28-/m1/s1. The van der Waals surface area contributed by atoms with E-state index in [0.717, 1.165) is 47.0 Å². The normalized spacial score (nSPS) is 16.0. The number of benzene rings is 3. The van der Waals surface area contributed by atoms with Gasteiger partial charge >= 0.3 is 0 Å². The van der Waals surface area contributed by atoms with Crippen LogP contribution in [0.15, 0.2) is 77.6 Å². The molecule has 0 unspecified atom stereocenters. The Morgan fingerprint density at radius 1 is 1.05 bits per heavy atom. The van der Waals surface area contributed by atoms with E-state index in [-0.39, 0.29) is 17.4 Å². The van der Waals surface area contributed by atoms with Crippen molar-refractivity contribution in [1.29, 1.82) is 0 Å². The first-order valence-electron chi connectivity index (χ1n) is 13.0. The molecule has 2 atom stereocenters. The van der Waals surface area contributed by atoms with Crippen LogP contribution in [-0.2, 0) is 19.4 Å². The molecule has 7 nitrogen and oxygen atoms in total. The third-order valence-electron chi connectivity index (χ3n) is 7.52. The van der Waals surface area contributed by atoms with Crippen molar-refractivity contribution in [1.82, 2.24) is 25.2 Å². The highest BCUT2D eigenvalue weighted by molar-refractivity contribution is 5.80. The maximum atomic E-state index is 14.2. The lowest BCUT2D eigenvalue weighted by molar-refractivity contribution is 0.491. The van der Waals surface area contributed by atoms with Crippen LogP contribution in [0.25, 0.3) is 10.9 Å². The predicted molar refractivity (Wildman–Crippen MR) is 146 cm³/mol. The molecule has 8 heteroatoms. The molecule has 1 aliphatic rings. The first-order chi connectivity index (χ1) is 18.5. The van der Waals surface area contributed by atoms with Crippen LogP contribution in [0.4, 0.5) is 10.1 Å². The molecule has 3 heterocycles. The topological polar surface area (TPSA) is 79.7 Å². The van der Waals surface area contributed by atoms with Crippen molar-refractivity contribution < 1.29 is 4.39 Å². The van der Waals surface area contributed by atoms with Gasteiger partial charge in [0, 0.05) is 22.8 Å². The van der Waals surface area contributed by atoms with Crippen LogP contribution >= 0.6 is 0 Å². The van der Waals surface area contributed by atoms with Gasteiger partial charge in [-0.1, -0.05) is 43.3 Å². The van der Waals surface area contributed by atoms with Gasteiger partial charge in [-0.3, -0.25) is 4.79 Å². The highest BCUT2D eigenvalue weighted by Crippen LogP contribution is 2.40. The Bertz CT molecular complexity index is 1660. The molecular formula is C30H29FN6O. The van der Waals surface area contributed by atoms with Crippen molar-refractivity contribution in [2.75, 3.05) is 4.90 Å². The minimum Gasteiger partial charge on any atom is -0.354 e. The number of nitrogens with one attached hydrogen (secondary N) is 1. The number of rotatable bonds is 6. The Morgan fingerprint density at radius 3 is 2.71 bits per heavy atom. The van der Waals surface area contributed by atoms with Gasteiger partial charge in [-0.15, -0.1) is 5.10 Å². The number of pyridine rings is 1. The molecule has 0 aliphatic carbocycles. The van der Waals surface area contributed by atoms with Crippen molar-refractivity contribution in [3.8, 4) is 0 Å². The molecule has 0 spiro atoms. The summed E-state index contributed by atoms with van der Waals surface area (Å²) in [5.41, 5.74) is 5.20. The fraction of sp³-hybridized carbons (Fsp3) is 0.267. The van der Waals surface area contributed by atoms with E-state index in [9.17, 15) is 9.18 Å². The molecule has 1 aliphatic heterocycles. The molecule has 3 aromatic carbocycles. The summed E-state index contributed by atoms with van der Waals surface area (Å²) in [7, 11) is 0. The molecule has 0 bridgehead atoms. The lowest BCUT2D eigenvalue weighted by atomic mass is 9.92. The van der Waals surface area contributed by atoms with E-state index < -0.39 is 6.04 Å². The van der Waals surface area contributed by atoms with Gasteiger partial charge in [0.15, 0.2) is 5.82 Å². The van der Waals surface area contributed by atoms with E-state index in [1.54, 1.807) is 10.7 Å². The summed E-state index contributed by atoms with van der Waals surface area (Å²) in [4.78, 5) is 19.0. The number of hydrogen-bond donors (Lipinski definition) is 1. The lowest BCUT2D eigenvalue weighted by Gasteiger charge is -2.42. The third kappa shape index (κ3) is 4.36. The van der Waals surface area contributed by atoms with Crippen molar-refractivity contribution in [3.63, 3.8) is 0 Å². The van der Waals surface area contributed by atoms with Crippen LogP contribution in [0.2, 0.25) is 0 Å².